The van der Waals surface area contributed by atoms with Crippen LogP contribution in [0.4, 0.5) is 27.6 Å². The van der Waals surface area contributed by atoms with Crippen LogP contribution in [0.25, 0.3) is 0 Å². The zero-order chi connectivity index (χ0) is 20.4. The van der Waals surface area contributed by atoms with E-state index in [1.54, 1.807) is 0 Å². The number of carbonyl (C=O) groups is 1. The first kappa shape index (κ1) is 19.3. The van der Waals surface area contributed by atoms with Gasteiger partial charge in [0.1, 0.15) is 23.1 Å². The number of aromatic nitrogens is 1. The summed E-state index contributed by atoms with van der Waals surface area (Å²) in [4.78, 5) is 15.9. The normalized spacial score (nSPS) is 10.6. The Morgan fingerprint density at radius 1 is 0.964 bits per heavy atom. The van der Waals surface area contributed by atoms with Crippen molar-refractivity contribution in [3.63, 3.8) is 0 Å². The first-order valence-electron chi connectivity index (χ1n) is 7.80. The lowest BCUT2D eigenvalue weighted by Crippen LogP contribution is -2.14. The molecule has 0 saturated carbocycles. The molecule has 0 unspecified atom stereocenters. The van der Waals surface area contributed by atoms with Gasteiger partial charge in [0.05, 0.1) is 11.9 Å². The van der Waals surface area contributed by atoms with Gasteiger partial charge in [0.25, 0.3) is 5.91 Å². The average molecular weight is 394 g/mol. The van der Waals surface area contributed by atoms with Crippen molar-refractivity contribution in [2.24, 2.45) is 0 Å². The minimum absolute atomic E-state index is 0.0474. The summed E-state index contributed by atoms with van der Waals surface area (Å²) >= 11 is 0. The molecule has 0 aliphatic rings. The van der Waals surface area contributed by atoms with Crippen LogP contribution in [0.2, 0.25) is 0 Å². The molecule has 0 saturated heterocycles. The largest absolute Gasteiger partial charge is 0.453 e. The molecule has 1 amide bonds. The summed E-state index contributed by atoms with van der Waals surface area (Å²) in [6.45, 7) is 1.06. The van der Waals surface area contributed by atoms with Gasteiger partial charge in [0.2, 0.25) is 0 Å². The van der Waals surface area contributed by atoms with Crippen molar-refractivity contribution in [1.29, 1.82) is 0 Å². The summed E-state index contributed by atoms with van der Waals surface area (Å²) in [7, 11) is 0. The Labute approximate surface area is 155 Å². The molecule has 0 radical (unpaired) electrons. The number of benzene rings is 2. The summed E-state index contributed by atoms with van der Waals surface area (Å²) in [6, 6.07) is 5.61. The standard InChI is InChI=1S/C19H11F5N2O2/c1-9-17(23)13(22)7-16(18(9)24)28-11-3-5-15(25-8-11)19(27)26-14-4-2-10(20)6-12(14)21/h2-8H,1H3,(H,26,27). The van der Waals surface area contributed by atoms with E-state index in [0.29, 0.717) is 12.1 Å². The lowest BCUT2D eigenvalue weighted by molar-refractivity contribution is 0.102. The number of carbonyl (C=O) groups excluding carboxylic acids is 1. The average Bonchev–Trinajstić information content (AvgIpc) is 2.67. The fourth-order valence-electron chi connectivity index (χ4n) is 2.26. The Morgan fingerprint density at radius 3 is 2.36 bits per heavy atom. The summed E-state index contributed by atoms with van der Waals surface area (Å²) in [5.74, 6) is -6.81. The molecule has 1 aromatic heterocycles. The van der Waals surface area contributed by atoms with Gasteiger partial charge in [-0.3, -0.25) is 4.79 Å². The van der Waals surface area contributed by atoms with Crippen molar-refractivity contribution < 1.29 is 31.5 Å². The molecule has 4 nitrogen and oxygen atoms in total. The van der Waals surface area contributed by atoms with Gasteiger partial charge in [-0.25, -0.2) is 26.9 Å². The molecular formula is C19H11F5N2O2. The molecule has 1 N–H and O–H groups in total. The number of nitrogens with zero attached hydrogens (tertiary/aromatic N) is 1. The molecule has 0 bridgehead atoms. The summed E-state index contributed by atoms with van der Waals surface area (Å²) in [5.41, 5.74) is -0.925. The second-order valence-electron chi connectivity index (χ2n) is 5.67. The van der Waals surface area contributed by atoms with Gasteiger partial charge in [-0.05, 0) is 31.2 Å². The van der Waals surface area contributed by atoms with E-state index >= 15 is 0 Å². The van der Waals surface area contributed by atoms with Gasteiger partial charge in [-0.2, -0.15) is 0 Å². The second kappa shape index (κ2) is 7.63. The fraction of sp³-hybridized carbons (Fsp3) is 0.0526. The van der Waals surface area contributed by atoms with Crippen molar-refractivity contribution in [3.8, 4) is 11.5 Å². The van der Waals surface area contributed by atoms with Crippen molar-refractivity contribution in [2.75, 3.05) is 5.32 Å². The maximum atomic E-state index is 14.0. The number of ether oxygens (including phenoxy) is 1. The van der Waals surface area contributed by atoms with E-state index in [2.05, 4.69) is 10.3 Å². The molecule has 28 heavy (non-hydrogen) atoms. The number of hydrogen-bond acceptors (Lipinski definition) is 3. The lowest BCUT2D eigenvalue weighted by atomic mass is 10.2. The van der Waals surface area contributed by atoms with Crippen LogP contribution in [-0.4, -0.2) is 10.9 Å². The smallest absolute Gasteiger partial charge is 0.274 e. The van der Waals surface area contributed by atoms with Crippen molar-refractivity contribution >= 4 is 11.6 Å². The van der Waals surface area contributed by atoms with Gasteiger partial charge in [0.15, 0.2) is 23.2 Å². The molecule has 0 aliphatic carbocycles. The highest BCUT2D eigenvalue weighted by Gasteiger charge is 2.17. The maximum Gasteiger partial charge on any atom is 0.274 e. The molecule has 3 aromatic rings. The second-order valence-corrected chi connectivity index (χ2v) is 5.67. The highest BCUT2D eigenvalue weighted by molar-refractivity contribution is 6.02. The van der Waals surface area contributed by atoms with Crippen LogP contribution < -0.4 is 10.1 Å². The van der Waals surface area contributed by atoms with Crippen LogP contribution >= 0.6 is 0 Å². The van der Waals surface area contributed by atoms with E-state index in [9.17, 15) is 26.7 Å². The van der Waals surface area contributed by atoms with E-state index in [1.165, 1.54) is 12.1 Å². The van der Waals surface area contributed by atoms with Crippen LogP contribution in [0.3, 0.4) is 0 Å². The highest BCUT2D eigenvalue weighted by atomic mass is 19.2. The molecule has 144 valence electrons. The van der Waals surface area contributed by atoms with E-state index < -0.39 is 46.3 Å². The first-order chi connectivity index (χ1) is 13.3. The zero-order valence-corrected chi connectivity index (χ0v) is 14.2. The summed E-state index contributed by atoms with van der Waals surface area (Å²) in [6.07, 6.45) is 1.05. The van der Waals surface area contributed by atoms with Crippen LogP contribution in [0.1, 0.15) is 16.1 Å². The number of halogens is 5. The van der Waals surface area contributed by atoms with E-state index in [0.717, 1.165) is 25.3 Å². The number of hydrogen-bond donors (Lipinski definition) is 1. The Balaban J connectivity index is 1.76. The first-order valence-corrected chi connectivity index (χ1v) is 7.80. The third kappa shape index (κ3) is 3.93. The van der Waals surface area contributed by atoms with E-state index in [4.69, 9.17) is 4.74 Å². The Hall–Kier alpha value is -3.49. The fourth-order valence-corrected chi connectivity index (χ4v) is 2.26. The molecule has 3 rings (SSSR count). The minimum Gasteiger partial charge on any atom is -0.453 e. The molecule has 0 fully saturated rings. The Bertz CT molecular complexity index is 1060. The number of nitrogens with one attached hydrogen (secondary N) is 1. The SMILES string of the molecule is Cc1c(F)c(F)cc(Oc2ccc(C(=O)Nc3ccc(F)cc3F)nc2)c1F. The third-order valence-corrected chi connectivity index (χ3v) is 3.72. The van der Waals surface area contributed by atoms with Gasteiger partial charge >= 0.3 is 0 Å². The van der Waals surface area contributed by atoms with Gasteiger partial charge in [-0.15, -0.1) is 0 Å². The quantitative estimate of drug-likeness (QED) is 0.493. The topological polar surface area (TPSA) is 51.2 Å². The predicted molar refractivity (Wildman–Crippen MR) is 89.7 cm³/mol. The number of rotatable bonds is 4. The van der Waals surface area contributed by atoms with Crippen LogP contribution in [-0.2, 0) is 0 Å². The molecule has 0 aliphatic heterocycles. The summed E-state index contributed by atoms with van der Waals surface area (Å²) in [5, 5.41) is 2.22. The van der Waals surface area contributed by atoms with Gasteiger partial charge < -0.3 is 10.1 Å². The number of amides is 1. The van der Waals surface area contributed by atoms with E-state index in [-0.39, 0.29) is 17.1 Å². The predicted octanol–water partition coefficient (Wildman–Crippen LogP) is 5.13. The monoisotopic (exact) mass is 394 g/mol. The maximum absolute atomic E-state index is 14.0. The molecule has 2 aromatic carbocycles. The van der Waals surface area contributed by atoms with Crippen LogP contribution in [0, 0.1) is 36.0 Å². The van der Waals surface area contributed by atoms with Crippen LogP contribution in [0.15, 0.2) is 42.6 Å². The molecule has 0 atom stereocenters. The Kier molecular flexibility index (Phi) is 5.25. The lowest BCUT2D eigenvalue weighted by Gasteiger charge is -2.10. The number of anilines is 1. The van der Waals surface area contributed by atoms with Crippen molar-refractivity contribution in [1.82, 2.24) is 4.98 Å². The molecular weight excluding hydrogens is 383 g/mol. The van der Waals surface area contributed by atoms with Crippen LogP contribution in [0.5, 0.6) is 11.5 Å². The van der Waals surface area contributed by atoms with Crippen molar-refractivity contribution in [3.05, 3.63) is 82.9 Å². The minimum atomic E-state index is -1.32. The number of pyridine rings is 1. The molecule has 9 heteroatoms. The zero-order valence-electron chi connectivity index (χ0n) is 14.2. The van der Waals surface area contributed by atoms with Gasteiger partial charge in [0, 0.05) is 17.7 Å². The van der Waals surface area contributed by atoms with Crippen molar-refractivity contribution in [2.45, 2.75) is 6.92 Å². The highest BCUT2D eigenvalue weighted by Crippen LogP contribution is 2.29. The third-order valence-electron chi connectivity index (χ3n) is 3.72. The van der Waals surface area contributed by atoms with E-state index in [1.807, 2.05) is 0 Å². The molecule has 0 spiro atoms. The van der Waals surface area contributed by atoms with Gasteiger partial charge in [-0.1, -0.05) is 0 Å². The Morgan fingerprint density at radius 2 is 1.71 bits per heavy atom. The molecule has 1 heterocycles. The summed E-state index contributed by atoms with van der Waals surface area (Å²) < 4.78 is 72.3.